The van der Waals surface area contributed by atoms with Crippen LogP contribution in [0.5, 0.6) is 0 Å². The van der Waals surface area contributed by atoms with Crippen LogP contribution in [0.1, 0.15) is 0 Å². The Balaban J connectivity index is 0. The zero-order chi connectivity index (χ0) is 8.08. The van der Waals surface area contributed by atoms with Crippen molar-refractivity contribution < 1.29 is 38.9 Å². The Bertz CT molecular complexity index is 130. The van der Waals surface area contributed by atoms with E-state index in [1.54, 1.807) is 0 Å². The van der Waals surface area contributed by atoms with Crippen molar-refractivity contribution in [3.63, 3.8) is 0 Å². The van der Waals surface area contributed by atoms with E-state index in [9.17, 15) is 10.7 Å². The van der Waals surface area contributed by atoms with Crippen molar-refractivity contribution in [2.45, 2.75) is 0 Å². The van der Waals surface area contributed by atoms with Crippen LogP contribution in [0, 0.1) is 0 Å². The van der Waals surface area contributed by atoms with Crippen LogP contribution in [0.25, 0.3) is 0 Å². The third-order valence-corrected chi connectivity index (χ3v) is 0. The first kappa shape index (κ1) is 12.0. The van der Waals surface area contributed by atoms with E-state index in [-0.39, 0.29) is 0 Å². The number of halogens is 3. The summed E-state index contributed by atoms with van der Waals surface area (Å²) in [7, 11) is -3.92. The fourth-order valence-corrected chi connectivity index (χ4v) is 0. The van der Waals surface area contributed by atoms with Crippen LogP contribution in [0.4, 0.5) is 10.7 Å². The Labute approximate surface area is 55.9 Å². The Kier molecular flexibility index (Phi) is 6.69. The van der Waals surface area contributed by atoms with Gasteiger partial charge in [-0.15, -0.1) is 0 Å². The van der Waals surface area contributed by atoms with Gasteiger partial charge >= 0.3 is 25.9 Å². The quantitative estimate of drug-likeness (QED) is 0.427. The summed E-state index contributed by atoms with van der Waals surface area (Å²) >= 11 is -4.40. The molecule has 0 radical (unpaired) electrons. The summed E-state index contributed by atoms with van der Waals surface area (Å²) in [6.45, 7) is 0. The second kappa shape index (κ2) is 5.04. The molecule has 3 nitrogen and oxygen atoms in total. The second-order valence-electron chi connectivity index (χ2n) is 0.866. The van der Waals surface area contributed by atoms with Crippen LogP contribution in [0.15, 0.2) is 0 Å². The van der Waals surface area contributed by atoms with Gasteiger partial charge in [0.25, 0.3) is 0 Å². The molecule has 0 unspecified atom stereocenters. The van der Waals surface area contributed by atoms with Crippen LogP contribution >= 0.6 is 0 Å². The summed E-state index contributed by atoms with van der Waals surface area (Å²) < 4.78 is 56.5. The number of rotatable bonds is 0. The summed E-state index contributed by atoms with van der Waals surface area (Å²) in [5.41, 5.74) is 0. The van der Waals surface area contributed by atoms with Crippen molar-refractivity contribution in [1.82, 2.24) is 0 Å². The number of hydrogen-bond acceptors (Lipinski definition) is 3. The summed E-state index contributed by atoms with van der Waals surface area (Å²) in [4.78, 5) is 0. The SMILES string of the molecule is CS(=O)(=O)[O-].[F][Mn+]([F])[F]. The Morgan fingerprint density at radius 2 is 1.33 bits per heavy atom. The molecule has 0 atom stereocenters. The van der Waals surface area contributed by atoms with Gasteiger partial charge in [0.05, 0.1) is 10.1 Å². The molecule has 0 rings (SSSR count). The minimum atomic E-state index is -4.40. The van der Waals surface area contributed by atoms with Crippen molar-refractivity contribution in [2.24, 2.45) is 0 Å². The minimum absolute atomic E-state index is 0.604. The van der Waals surface area contributed by atoms with Gasteiger partial charge in [-0.1, -0.05) is 0 Å². The molecule has 0 aliphatic rings. The van der Waals surface area contributed by atoms with Gasteiger partial charge in [-0.05, 0) is 0 Å². The van der Waals surface area contributed by atoms with Crippen molar-refractivity contribution in [3.8, 4) is 0 Å². The first-order valence-electron chi connectivity index (χ1n) is 1.34. The van der Waals surface area contributed by atoms with E-state index in [1.807, 2.05) is 0 Å². The van der Waals surface area contributed by atoms with E-state index < -0.39 is 25.4 Å². The third-order valence-electron chi connectivity index (χ3n) is 0. The summed E-state index contributed by atoms with van der Waals surface area (Å²) in [6, 6.07) is 0. The molecule has 0 N–H and O–H groups in total. The average Bonchev–Trinajstić information content (AvgIpc) is 1.19. The van der Waals surface area contributed by atoms with Crippen LogP contribution in [-0.2, 0) is 25.4 Å². The maximum absolute atomic E-state index is 9.77. The van der Waals surface area contributed by atoms with Crippen molar-refractivity contribution in [2.75, 3.05) is 6.26 Å². The Hall–Kier alpha value is 0.219. The molecule has 8 heteroatoms. The number of hydrogen-bond donors (Lipinski definition) is 0. The zero-order valence-electron chi connectivity index (χ0n) is 4.14. The fourth-order valence-electron chi connectivity index (χ4n) is 0. The molecule has 0 heterocycles. The van der Waals surface area contributed by atoms with Gasteiger partial charge in [-0.3, -0.25) is 0 Å². The molecule has 0 aliphatic carbocycles. The topological polar surface area (TPSA) is 57.2 Å². The van der Waals surface area contributed by atoms with Gasteiger partial charge in [0.1, 0.15) is 0 Å². The van der Waals surface area contributed by atoms with E-state index in [0.29, 0.717) is 6.26 Å². The van der Waals surface area contributed by atoms with Gasteiger partial charge in [0.15, 0.2) is 0 Å². The fraction of sp³-hybridized carbons (Fsp3) is 1.00. The second-order valence-corrected chi connectivity index (χ2v) is 2.78. The van der Waals surface area contributed by atoms with Crippen molar-refractivity contribution >= 4 is 10.1 Å². The molecule has 0 aromatic heterocycles. The summed E-state index contributed by atoms with van der Waals surface area (Å²) in [5, 5.41) is 0. The van der Waals surface area contributed by atoms with Crippen LogP contribution < -0.4 is 0 Å². The van der Waals surface area contributed by atoms with Gasteiger partial charge in [0, 0.05) is 6.26 Å². The third kappa shape index (κ3) is 6600. The molecule has 0 spiro atoms. The molecule has 0 amide bonds. The molecule has 9 heavy (non-hydrogen) atoms. The van der Waals surface area contributed by atoms with Gasteiger partial charge in [-0.25, -0.2) is 8.42 Å². The molecule has 0 saturated heterocycles. The molecule has 59 valence electrons. The monoisotopic (exact) mass is 207 g/mol. The Morgan fingerprint density at radius 1 is 1.33 bits per heavy atom. The normalized spacial score (nSPS) is 10.4. The summed E-state index contributed by atoms with van der Waals surface area (Å²) in [5.74, 6) is 0. The molecule has 0 aliphatic heterocycles. The molecule has 0 aromatic carbocycles. The van der Waals surface area contributed by atoms with Crippen molar-refractivity contribution in [1.29, 1.82) is 0 Å². The van der Waals surface area contributed by atoms with E-state index in [0.717, 1.165) is 0 Å². The Morgan fingerprint density at radius 3 is 1.33 bits per heavy atom. The molecule has 0 fully saturated rings. The van der Waals surface area contributed by atoms with Gasteiger partial charge in [0.2, 0.25) is 0 Å². The van der Waals surface area contributed by atoms with Crippen LogP contribution in [0.3, 0.4) is 0 Å². The molecule has 0 aromatic rings. The van der Waals surface area contributed by atoms with Gasteiger partial charge < -0.3 is 4.55 Å². The van der Waals surface area contributed by atoms with E-state index in [1.165, 1.54) is 0 Å². The zero-order valence-corrected chi connectivity index (χ0v) is 6.14. The molecule has 0 bridgehead atoms. The van der Waals surface area contributed by atoms with Crippen LogP contribution in [0.2, 0.25) is 0 Å². The first-order valence-corrected chi connectivity index (χ1v) is 4.49. The molecule has 0 saturated carbocycles. The average molecular weight is 207 g/mol. The van der Waals surface area contributed by atoms with Gasteiger partial charge in [-0.2, -0.15) is 0 Å². The predicted octanol–water partition coefficient (Wildman–Crippen LogP) is 0.420. The van der Waals surface area contributed by atoms with Crippen molar-refractivity contribution in [3.05, 3.63) is 0 Å². The first-order chi connectivity index (χ1) is 3.73. The molecular formula is CH3F3MnO3S. The standard InChI is InChI=1S/CH4O3S.3FH.Mn/c1-5(2,3)4;;;;/h1H3,(H,2,3,4);3*1H;/q;;;;+4/p-4. The summed E-state index contributed by atoms with van der Waals surface area (Å²) in [6.07, 6.45) is 0.604. The maximum atomic E-state index is 9.77. The predicted molar refractivity (Wildman–Crippen MR) is 18.9 cm³/mol. The van der Waals surface area contributed by atoms with Crippen LogP contribution in [-0.4, -0.2) is 19.2 Å². The molecular weight excluding hydrogens is 204 g/mol. The van der Waals surface area contributed by atoms with E-state index in [2.05, 4.69) is 0 Å². The van der Waals surface area contributed by atoms with E-state index >= 15 is 0 Å². The van der Waals surface area contributed by atoms with E-state index in [4.69, 9.17) is 13.0 Å².